The number of aromatic amines is 1. The number of H-pyrrole nitrogens is 1. The van der Waals surface area contributed by atoms with Crippen LogP contribution in [0, 0.1) is 5.92 Å². The fraction of sp³-hybridized carbons (Fsp3) is 0.333. The largest absolute Gasteiger partial charge is 0.446 e. The van der Waals surface area contributed by atoms with Crippen molar-refractivity contribution in [1.29, 1.82) is 0 Å². The highest BCUT2D eigenvalue weighted by Crippen LogP contribution is 2.37. The molecule has 3 aromatic heterocycles. The number of hydrogen-bond donors (Lipinski definition) is 1. The molecular weight excluding hydrogens is 344 g/mol. The van der Waals surface area contributed by atoms with Gasteiger partial charge in [-0.2, -0.15) is 4.98 Å². The van der Waals surface area contributed by atoms with E-state index in [9.17, 15) is 4.79 Å². The third kappa shape index (κ3) is 2.67. The summed E-state index contributed by atoms with van der Waals surface area (Å²) in [6, 6.07) is 4.07. The summed E-state index contributed by atoms with van der Waals surface area (Å²) in [5.74, 6) is 1.14. The maximum absolute atomic E-state index is 12.9. The van der Waals surface area contributed by atoms with Crippen molar-refractivity contribution in [3.63, 3.8) is 0 Å². The Morgan fingerprint density at radius 3 is 2.85 bits per heavy atom. The second-order valence-electron chi connectivity index (χ2n) is 7.26. The molecule has 134 valence electrons. The standard InChI is InChI=1S/C21H22N2O2S/c1-4-13-8-5-6-9-14(13)15-12-25-19-17(15)18(24)22-20(23-19)21(2,3)16-10-7-11-26-16/h5-14H,4H2,1-3H3,(H,22,23,24). The smallest absolute Gasteiger partial charge is 0.262 e. The maximum Gasteiger partial charge on any atom is 0.262 e. The average Bonchev–Trinajstić information content (AvgIpc) is 3.32. The van der Waals surface area contributed by atoms with Gasteiger partial charge in [-0.1, -0.05) is 37.3 Å². The predicted molar refractivity (Wildman–Crippen MR) is 106 cm³/mol. The fourth-order valence-corrected chi connectivity index (χ4v) is 4.49. The van der Waals surface area contributed by atoms with Gasteiger partial charge in [-0.25, -0.2) is 0 Å². The Kier molecular flexibility index (Phi) is 4.19. The zero-order valence-corrected chi connectivity index (χ0v) is 16.0. The molecule has 2 atom stereocenters. The monoisotopic (exact) mass is 366 g/mol. The predicted octanol–water partition coefficient (Wildman–Crippen LogP) is 5.14. The molecule has 0 spiro atoms. The molecule has 3 aromatic rings. The molecule has 0 saturated carbocycles. The second-order valence-corrected chi connectivity index (χ2v) is 8.20. The Labute approximate surface area is 156 Å². The molecule has 4 nitrogen and oxygen atoms in total. The number of nitrogens with zero attached hydrogens (tertiary/aromatic N) is 1. The minimum absolute atomic E-state index is 0.129. The van der Waals surface area contributed by atoms with Gasteiger partial charge in [0.05, 0.1) is 11.7 Å². The average molecular weight is 366 g/mol. The molecule has 0 amide bonds. The van der Waals surface area contributed by atoms with E-state index < -0.39 is 0 Å². The molecule has 26 heavy (non-hydrogen) atoms. The summed E-state index contributed by atoms with van der Waals surface area (Å²) in [6.45, 7) is 6.29. The zero-order valence-electron chi connectivity index (χ0n) is 15.2. The summed E-state index contributed by atoms with van der Waals surface area (Å²) in [5.41, 5.74) is 0.826. The van der Waals surface area contributed by atoms with Crippen molar-refractivity contribution in [2.24, 2.45) is 5.92 Å². The molecule has 1 N–H and O–H groups in total. The third-order valence-electron chi connectivity index (χ3n) is 5.28. The summed E-state index contributed by atoms with van der Waals surface area (Å²) in [4.78, 5) is 21.8. The van der Waals surface area contributed by atoms with E-state index in [1.54, 1.807) is 17.6 Å². The van der Waals surface area contributed by atoms with Crippen molar-refractivity contribution in [3.05, 3.63) is 74.7 Å². The van der Waals surface area contributed by atoms with Crippen molar-refractivity contribution in [3.8, 4) is 0 Å². The van der Waals surface area contributed by atoms with Crippen molar-refractivity contribution in [2.45, 2.75) is 38.5 Å². The molecule has 0 bridgehead atoms. The lowest BCUT2D eigenvalue weighted by Gasteiger charge is -2.23. The number of allylic oxidation sites excluding steroid dienone is 4. The van der Waals surface area contributed by atoms with Gasteiger partial charge in [-0.05, 0) is 37.6 Å². The minimum atomic E-state index is -0.381. The van der Waals surface area contributed by atoms with Crippen molar-refractivity contribution in [1.82, 2.24) is 9.97 Å². The highest BCUT2D eigenvalue weighted by molar-refractivity contribution is 7.10. The van der Waals surface area contributed by atoms with Gasteiger partial charge in [0.25, 0.3) is 5.56 Å². The van der Waals surface area contributed by atoms with Crippen LogP contribution in [-0.4, -0.2) is 9.97 Å². The molecule has 1 aliphatic carbocycles. The molecule has 1 aliphatic rings. The van der Waals surface area contributed by atoms with Gasteiger partial charge in [-0.3, -0.25) is 4.79 Å². The first-order valence-corrected chi connectivity index (χ1v) is 9.81. The number of hydrogen-bond acceptors (Lipinski definition) is 4. The maximum atomic E-state index is 12.9. The van der Waals surface area contributed by atoms with Gasteiger partial charge in [0.15, 0.2) is 0 Å². The highest BCUT2D eigenvalue weighted by atomic mass is 32.1. The van der Waals surface area contributed by atoms with Crippen LogP contribution in [0.15, 0.2) is 57.3 Å². The molecule has 0 aromatic carbocycles. The Morgan fingerprint density at radius 2 is 2.12 bits per heavy atom. The second kappa shape index (κ2) is 6.40. The number of aromatic nitrogens is 2. The van der Waals surface area contributed by atoms with E-state index in [2.05, 4.69) is 55.0 Å². The van der Waals surface area contributed by atoms with E-state index in [-0.39, 0.29) is 16.9 Å². The molecular formula is C21H22N2O2S. The van der Waals surface area contributed by atoms with Crippen LogP contribution in [-0.2, 0) is 5.41 Å². The van der Waals surface area contributed by atoms with Crippen molar-refractivity contribution >= 4 is 22.4 Å². The molecule has 0 saturated heterocycles. The van der Waals surface area contributed by atoms with E-state index in [4.69, 9.17) is 4.42 Å². The molecule has 4 rings (SSSR count). The summed E-state index contributed by atoms with van der Waals surface area (Å²) in [7, 11) is 0. The van der Waals surface area contributed by atoms with E-state index in [1.165, 1.54) is 0 Å². The number of thiophene rings is 1. The van der Waals surface area contributed by atoms with E-state index in [0.29, 0.717) is 22.8 Å². The van der Waals surface area contributed by atoms with Crippen LogP contribution in [0.3, 0.4) is 0 Å². The summed E-state index contributed by atoms with van der Waals surface area (Å²) in [6.07, 6.45) is 11.1. The van der Waals surface area contributed by atoms with Gasteiger partial charge in [0.2, 0.25) is 5.71 Å². The van der Waals surface area contributed by atoms with Crippen molar-refractivity contribution < 1.29 is 4.42 Å². The molecule has 5 heteroatoms. The van der Waals surface area contributed by atoms with Crippen LogP contribution in [0.4, 0.5) is 0 Å². The minimum Gasteiger partial charge on any atom is -0.446 e. The summed E-state index contributed by atoms with van der Waals surface area (Å²) < 4.78 is 5.74. The van der Waals surface area contributed by atoms with Crippen LogP contribution in [0.25, 0.3) is 11.1 Å². The topological polar surface area (TPSA) is 58.9 Å². The number of fused-ring (bicyclic) bond motifs is 1. The van der Waals surface area contributed by atoms with Crippen LogP contribution in [0.5, 0.6) is 0 Å². The van der Waals surface area contributed by atoms with Gasteiger partial charge < -0.3 is 9.40 Å². The van der Waals surface area contributed by atoms with Crippen LogP contribution < -0.4 is 5.56 Å². The lowest BCUT2D eigenvalue weighted by atomic mass is 9.82. The van der Waals surface area contributed by atoms with Gasteiger partial charge in [0.1, 0.15) is 11.2 Å². The SMILES string of the molecule is CCC1C=CC=CC1c1coc2nc(C(C)(C)c3cccs3)[nH]c(=O)c12. The number of rotatable bonds is 4. The lowest BCUT2D eigenvalue weighted by molar-refractivity contribution is 0.541. The first-order chi connectivity index (χ1) is 12.5. The quantitative estimate of drug-likeness (QED) is 0.695. The Morgan fingerprint density at radius 1 is 1.31 bits per heavy atom. The first kappa shape index (κ1) is 17.0. The Hall–Kier alpha value is -2.40. The molecule has 0 radical (unpaired) electrons. The molecule has 0 aliphatic heterocycles. The Bertz CT molecular complexity index is 1040. The summed E-state index contributed by atoms with van der Waals surface area (Å²) >= 11 is 1.66. The van der Waals surface area contributed by atoms with Gasteiger partial charge in [0, 0.05) is 16.4 Å². The number of nitrogens with one attached hydrogen (secondary N) is 1. The molecule has 0 fully saturated rings. The fourth-order valence-electron chi connectivity index (χ4n) is 3.64. The third-order valence-corrected chi connectivity index (χ3v) is 6.47. The van der Waals surface area contributed by atoms with Gasteiger partial charge >= 0.3 is 0 Å². The molecule has 3 heterocycles. The highest BCUT2D eigenvalue weighted by Gasteiger charge is 2.30. The van der Waals surface area contributed by atoms with Crippen LogP contribution in [0.2, 0.25) is 0 Å². The van der Waals surface area contributed by atoms with E-state index in [1.807, 2.05) is 17.5 Å². The normalized spacial score (nSPS) is 20.1. The lowest BCUT2D eigenvalue weighted by Crippen LogP contribution is -2.25. The molecule has 2 unspecified atom stereocenters. The van der Waals surface area contributed by atoms with Crippen molar-refractivity contribution in [2.75, 3.05) is 0 Å². The van der Waals surface area contributed by atoms with E-state index in [0.717, 1.165) is 16.9 Å². The van der Waals surface area contributed by atoms with Gasteiger partial charge in [-0.15, -0.1) is 11.3 Å². The van der Waals surface area contributed by atoms with E-state index >= 15 is 0 Å². The zero-order chi connectivity index (χ0) is 18.3. The summed E-state index contributed by atoms with van der Waals surface area (Å²) in [5, 5.41) is 2.60. The Balaban J connectivity index is 1.83. The number of furan rings is 1. The van der Waals surface area contributed by atoms with Crippen LogP contribution >= 0.6 is 11.3 Å². The van der Waals surface area contributed by atoms with Crippen LogP contribution in [0.1, 0.15) is 49.4 Å². The first-order valence-electron chi connectivity index (χ1n) is 8.93.